The summed E-state index contributed by atoms with van der Waals surface area (Å²) in [4.78, 5) is 4.61. The molecule has 0 aliphatic carbocycles. The maximum Gasteiger partial charge on any atom is 0.135 e. The number of anilines is 1. The predicted octanol–water partition coefficient (Wildman–Crippen LogP) is 1.24. The van der Waals surface area contributed by atoms with Gasteiger partial charge in [-0.25, -0.2) is 0 Å². The molecule has 0 saturated carbocycles. The van der Waals surface area contributed by atoms with Gasteiger partial charge in [0.2, 0.25) is 0 Å². The van der Waals surface area contributed by atoms with Crippen molar-refractivity contribution in [2.45, 2.75) is 0 Å². The van der Waals surface area contributed by atoms with E-state index in [4.69, 9.17) is 5.26 Å². The van der Waals surface area contributed by atoms with Gasteiger partial charge >= 0.3 is 0 Å². The first-order valence-electron chi connectivity index (χ1n) is 3.30. The van der Waals surface area contributed by atoms with Crippen molar-refractivity contribution in [1.29, 1.82) is 5.26 Å². The molecule has 0 aliphatic rings. The average molecular weight is 164 g/mol. The molecular weight excluding hydrogens is 156 g/mol. The fraction of sp³-hybridized carbons (Fsp3) is 0.125. The van der Waals surface area contributed by atoms with Crippen LogP contribution in [0.3, 0.4) is 0 Å². The van der Waals surface area contributed by atoms with Gasteiger partial charge in [-0.1, -0.05) is 0 Å². The van der Waals surface area contributed by atoms with E-state index in [2.05, 4.69) is 10.3 Å². The van der Waals surface area contributed by atoms with Gasteiger partial charge in [-0.2, -0.15) is 5.26 Å². The van der Waals surface area contributed by atoms with E-state index >= 15 is 0 Å². The van der Waals surface area contributed by atoms with E-state index in [1.165, 1.54) is 19.2 Å². The Hall–Kier alpha value is -1.73. The van der Waals surface area contributed by atoms with Crippen LogP contribution >= 0.6 is 0 Å². The second-order valence-electron chi connectivity index (χ2n) is 2.15. The molecule has 0 radical (unpaired) electrons. The summed E-state index contributed by atoms with van der Waals surface area (Å²) >= 11 is 0. The van der Waals surface area contributed by atoms with Crippen LogP contribution in [0.4, 0.5) is 5.69 Å². The zero-order chi connectivity index (χ0) is 8.97. The molecule has 12 heavy (non-hydrogen) atoms. The van der Waals surface area contributed by atoms with Crippen molar-refractivity contribution < 1.29 is 9.94 Å². The van der Waals surface area contributed by atoms with Gasteiger partial charge < -0.3 is 5.11 Å². The molecule has 0 heterocycles. The van der Waals surface area contributed by atoms with Crippen molar-refractivity contribution in [2.75, 3.05) is 12.6 Å². The van der Waals surface area contributed by atoms with Crippen molar-refractivity contribution in [3.63, 3.8) is 0 Å². The van der Waals surface area contributed by atoms with Crippen LogP contribution in [0.5, 0.6) is 5.75 Å². The molecule has 0 fully saturated rings. The molecule has 0 saturated heterocycles. The van der Waals surface area contributed by atoms with Gasteiger partial charge in [-0.3, -0.25) is 10.3 Å². The Morgan fingerprint density at radius 1 is 1.58 bits per heavy atom. The Bertz CT molecular complexity index is 317. The summed E-state index contributed by atoms with van der Waals surface area (Å²) in [6.07, 6.45) is 0. The summed E-state index contributed by atoms with van der Waals surface area (Å²) < 4.78 is 0. The monoisotopic (exact) mass is 164 g/mol. The lowest BCUT2D eigenvalue weighted by Gasteiger charge is -2.03. The number of aromatic hydroxyl groups is 1. The molecule has 0 bridgehead atoms. The second kappa shape index (κ2) is 3.60. The minimum absolute atomic E-state index is 0.0560. The van der Waals surface area contributed by atoms with Gasteiger partial charge in [-0.15, -0.1) is 0 Å². The maximum atomic E-state index is 9.20. The van der Waals surface area contributed by atoms with Crippen molar-refractivity contribution in [2.24, 2.45) is 0 Å². The largest absolute Gasteiger partial charge is 0.506 e. The van der Waals surface area contributed by atoms with E-state index in [1.807, 2.05) is 6.07 Å². The van der Waals surface area contributed by atoms with Gasteiger partial charge in [0, 0.05) is 6.07 Å². The fourth-order valence-electron chi connectivity index (χ4n) is 0.808. The van der Waals surface area contributed by atoms with Gasteiger partial charge in [0.15, 0.2) is 0 Å². The van der Waals surface area contributed by atoms with E-state index in [1.54, 1.807) is 6.07 Å². The normalized spacial score (nSPS) is 9.00. The third kappa shape index (κ3) is 1.65. The van der Waals surface area contributed by atoms with Crippen LogP contribution in [-0.4, -0.2) is 12.2 Å². The first-order chi connectivity index (χ1) is 5.77. The minimum Gasteiger partial charge on any atom is -0.506 e. The number of nitrogens with zero attached hydrogens (tertiary/aromatic N) is 1. The molecule has 4 heteroatoms. The van der Waals surface area contributed by atoms with E-state index in [-0.39, 0.29) is 11.3 Å². The van der Waals surface area contributed by atoms with Crippen LogP contribution in [-0.2, 0) is 4.84 Å². The number of benzene rings is 1. The van der Waals surface area contributed by atoms with Crippen LogP contribution in [0.1, 0.15) is 5.56 Å². The summed E-state index contributed by atoms with van der Waals surface area (Å²) in [7, 11) is 1.47. The highest BCUT2D eigenvalue weighted by Gasteiger charge is 1.99. The second-order valence-corrected chi connectivity index (χ2v) is 2.15. The molecule has 0 spiro atoms. The zero-order valence-electron chi connectivity index (χ0n) is 6.53. The quantitative estimate of drug-likeness (QED) is 0.645. The Morgan fingerprint density at radius 2 is 2.33 bits per heavy atom. The molecule has 0 amide bonds. The summed E-state index contributed by atoms with van der Waals surface area (Å²) in [5, 5.41) is 17.7. The van der Waals surface area contributed by atoms with Crippen LogP contribution in [0, 0.1) is 11.3 Å². The molecular formula is C8H8N2O2. The highest BCUT2D eigenvalue weighted by molar-refractivity contribution is 5.53. The summed E-state index contributed by atoms with van der Waals surface area (Å²) in [6.45, 7) is 0. The number of phenolic OH excluding ortho intramolecular Hbond substituents is 1. The molecule has 1 aromatic rings. The summed E-state index contributed by atoms with van der Waals surface area (Å²) in [5.41, 5.74) is 3.38. The van der Waals surface area contributed by atoms with Gasteiger partial charge in [0.25, 0.3) is 0 Å². The van der Waals surface area contributed by atoms with Gasteiger partial charge in [0.05, 0.1) is 18.4 Å². The molecule has 0 atom stereocenters. The van der Waals surface area contributed by atoms with Crippen molar-refractivity contribution in [3.8, 4) is 11.8 Å². The van der Waals surface area contributed by atoms with Crippen molar-refractivity contribution in [1.82, 2.24) is 0 Å². The third-order valence-electron chi connectivity index (χ3n) is 1.34. The first kappa shape index (κ1) is 8.37. The van der Waals surface area contributed by atoms with Crippen LogP contribution in [0.2, 0.25) is 0 Å². The minimum atomic E-state index is -0.0560. The van der Waals surface area contributed by atoms with Gasteiger partial charge in [-0.05, 0) is 12.1 Å². The highest BCUT2D eigenvalue weighted by Crippen LogP contribution is 2.20. The topological polar surface area (TPSA) is 65.3 Å². The molecule has 0 aromatic heterocycles. The Morgan fingerprint density at radius 3 is 2.83 bits per heavy atom. The molecule has 1 rings (SSSR count). The Kier molecular flexibility index (Phi) is 2.51. The number of rotatable bonds is 2. The standard InChI is InChI=1S/C8H8N2O2/c1-12-10-7-3-2-6(5-9)8(11)4-7/h2-4,10-11H,1H3. The smallest absolute Gasteiger partial charge is 0.135 e. The third-order valence-corrected chi connectivity index (χ3v) is 1.34. The molecule has 1 aromatic carbocycles. The number of nitrogens with one attached hydrogen (secondary N) is 1. The Balaban J connectivity index is 2.96. The molecule has 62 valence electrons. The first-order valence-corrected chi connectivity index (χ1v) is 3.30. The predicted molar refractivity (Wildman–Crippen MR) is 43.5 cm³/mol. The van der Waals surface area contributed by atoms with E-state index in [9.17, 15) is 5.11 Å². The molecule has 2 N–H and O–H groups in total. The molecule has 0 aliphatic heterocycles. The summed E-state index contributed by atoms with van der Waals surface area (Å²) in [6, 6.07) is 6.42. The SMILES string of the molecule is CONc1ccc(C#N)c(O)c1. The van der Waals surface area contributed by atoms with Gasteiger partial charge in [0.1, 0.15) is 11.8 Å². The highest BCUT2D eigenvalue weighted by atomic mass is 16.6. The number of hydrogen-bond acceptors (Lipinski definition) is 4. The van der Waals surface area contributed by atoms with Crippen LogP contribution in [0.25, 0.3) is 0 Å². The van der Waals surface area contributed by atoms with Crippen LogP contribution < -0.4 is 5.48 Å². The van der Waals surface area contributed by atoms with E-state index in [0.717, 1.165) is 0 Å². The zero-order valence-corrected chi connectivity index (χ0v) is 6.53. The molecule has 0 unspecified atom stereocenters. The summed E-state index contributed by atoms with van der Waals surface area (Å²) in [5.74, 6) is -0.0560. The van der Waals surface area contributed by atoms with Crippen molar-refractivity contribution in [3.05, 3.63) is 23.8 Å². The van der Waals surface area contributed by atoms with Crippen LogP contribution in [0.15, 0.2) is 18.2 Å². The lowest BCUT2D eigenvalue weighted by molar-refractivity contribution is 0.271. The lowest BCUT2D eigenvalue weighted by Crippen LogP contribution is -1.94. The average Bonchev–Trinajstić information content (AvgIpc) is 2.05. The number of phenols is 1. The number of nitriles is 1. The Labute approximate surface area is 70.0 Å². The number of hydrogen-bond donors (Lipinski definition) is 2. The van der Waals surface area contributed by atoms with E-state index in [0.29, 0.717) is 5.69 Å². The van der Waals surface area contributed by atoms with Crippen molar-refractivity contribution >= 4 is 5.69 Å². The fourth-order valence-corrected chi connectivity index (χ4v) is 0.808. The van der Waals surface area contributed by atoms with E-state index < -0.39 is 0 Å². The molecule has 4 nitrogen and oxygen atoms in total. The maximum absolute atomic E-state index is 9.20. The lowest BCUT2D eigenvalue weighted by atomic mass is 10.2.